The summed E-state index contributed by atoms with van der Waals surface area (Å²) in [5.41, 5.74) is 3.17. The number of halogens is 3. The van der Waals surface area contributed by atoms with Crippen molar-refractivity contribution >= 4 is 20.4 Å². The third-order valence-corrected chi connectivity index (χ3v) is 12.0. The van der Waals surface area contributed by atoms with Crippen LogP contribution in [-0.4, -0.2) is 44.4 Å². The lowest BCUT2D eigenvalue weighted by molar-refractivity contribution is -0.141. The predicted molar refractivity (Wildman–Crippen MR) is 141 cm³/mol. The monoisotopic (exact) mass is 534 g/mol. The topological polar surface area (TPSA) is 51.7 Å². The molecule has 0 radical (unpaired) electrons. The van der Waals surface area contributed by atoms with Crippen molar-refractivity contribution in [2.45, 2.75) is 70.5 Å². The van der Waals surface area contributed by atoms with Crippen LogP contribution >= 0.6 is 0 Å². The van der Waals surface area contributed by atoms with Crippen LogP contribution < -0.4 is 0 Å². The molecule has 2 aromatic rings. The molecule has 0 aliphatic heterocycles. The van der Waals surface area contributed by atoms with E-state index >= 15 is 0 Å². The van der Waals surface area contributed by atoms with E-state index in [0.29, 0.717) is 19.7 Å². The fraction of sp³-hybridized carbons (Fsp3) is 0.500. The maximum atomic E-state index is 13.0. The van der Waals surface area contributed by atoms with Gasteiger partial charge in [0, 0.05) is 38.0 Å². The van der Waals surface area contributed by atoms with Gasteiger partial charge >= 0.3 is 12.1 Å². The summed E-state index contributed by atoms with van der Waals surface area (Å²) in [6.07, 6.45) is 1.77. The number of nitrogens with zero attached hydrogens (tertiary/aromatic N) is 2. The van der Waals surface area contributed by atoms with E-state index in [9.17, 15) is 18.0 Å². The fourth-order valence-corrected chi connectivity index (χ4v) is 5.26. The molecule has 1 atom stereocenters. The molecule has 1 aliphatic rings. The first-order chi connectivity index (χ1) is 17.2. The average molecular weight is 535 g/mol. The van der Waals surface area contributed by atoms with Crippen LogP contribution in [0.1, 0.15) is 61.2 Å². The second kappa shape index (κ2) is 11.5. The standard InChI is InChI=1S/C28H37F3N2O3Si/c1-27(2,3)37(5,6)36-16-15-33(19-21-8-13-25(32-18-21)28(29,30)31)24-12-10-22-17-20(7-11-23(22)24)9-14-26(34)35-4/h7-9,11,13-14,17-18,24H,10,12,15-16,19H2,1-6H3/b14-9+. The second-order valence-electron chi connectivity index (χ2n) is 11.0. The van der Waals surface area contributed by atoms with Crippen molar-refractivity contribution in [1.82, 2.24) is 9.88 Å². The van der Waals surface area contributed by atoms with Crippen molar-refractivity contribution in [2.75, 3.05) is 20.3 Å². The summed E-state index contributed by atoms with van der Waals surface area (Å²) in [7, 11) is -0.599. The van der Waals surface area contributed by atoms with E-state index < -0.39 is 26.2 Å². The molecule has 0 amide bonds. The van der Waals surface area contributed by atoms with Gasteiger partial charge in [0.15, 0.2) is 8.32 Å². The Morgan fingerprint density at radius 3 is 2.51 bits per heavy atom. The number of benzene rings is 1. The molecule has 0 saturated carbocycles. The lowest BCUT2D eigenvalue weighted by atomic mass is 10.0. The van der Waals surface area contributed by atoms with Gasteiger partial charge in [-0.15, -0.1) is 0 Å². The van der Waals surface area contributed by atoms with Gasteiger partial charge < -0.3 is 9.16 Å². The van der Waals surface area contributed by atoms with Gasteiger partial charge in [-0.05, 0) is 65.4 Å². The molecule has 3 rings (SSSR count). The van der Waals surface area contributed by atoms with Gasteiger partial charge in [-0.25, -0.2) is 4.79 Å². The zero-order valence-electron chi connectivity index (χ0n) is 22.5. The van der Waals surface area contributed by atoms with E-state index in [1.165, 1.54) is 36.6 Å². The first-order valence-corrected chi connectivity index (χ1v) is 15.4. The highest BCUT2D eigenvalue weighted by atomic mass is 28.4. The molecule has 0 saturated heterocycles. The normalized spacial score (nSPS) is 16.4. The quantitative estimate of drug-likeness (QED) is 0.201. The molecule has 1 unspecified atom stereocenters. The number of pyridine rings is 1. The van der Waals surface area contributed by atoms with Gasteiger partial charge in [-0.3, -0.25) is 9.88 Å². The molecule has 0 spiro atoms. The summed E-state index contributed by atoms with van der Waals surface area (Å²) < 4.78 is 50.1. The molecule has 0 bridgehead atoms. The Kier molecular flexibility index (Phi) is 9.03. The van der Waals surface area contributed by atoms with Crippen molar-refractivity contribution in [3.63, 3.8) is 0 Å². The number of hydrogen-bond acceptors (Lipinski definition) is 5. The molecule has 5 nitrogen and oxygen atoms in total. The van der Waals surface area contributed by atoms with Gasteiger partial charge in [0.1, 0.15) is 5.69 Å². The Bertz CT molecular complexity index is 1110. The maximum Gasteiger partial charge on any atom is 0.433 e. The highest BCUT2D eigenvalue weighted by Crippen LogP contribution is 2.39. The van der Waals surface area contributed by atoms with Crippen LogP contribution in [0.25, 0.3) is 6.08 Å². The number of esters is 1. The summed E-state index contributed by atoms with van der Waals surface area (Å²) in [5, 5.41) is 0.0866. The predicted octanol–water partition coefficient (Wildman–Crippen LogP) is 6.80. The lowest BCUT2D eigenvalue weighted by Gasteiger charge is -2.37. The van der Waals surface area contributed by atoms with Gasteiger partial charge in [0.25, 0.3) is 0 Å². The van der Waals surface area contributed by atoms with Crippen LogP contribution in [0.2, 0.25) is 18.1 Å². The largest absolute Gasteiger partial charge is 0.466 e. The number of aryl methyl sites for hydroxylation is 1. The molecule has 202 valence electrons. The number of aromatic nitrogens is 1. The van der Waals surface area contributed by atoms with Crippen molar-refractivity contribution in [1.29, 1.82) is 0 Å². The zero-order valence-corrected chi connectivity index (χ0v) is 23.5. The van der Waals surface area contributed by atoms with E-state index in [4.69, 9.17) is 4.43 Å². The van der Waals surface area contributed by atoms with E-state index in [2.05, 4.69) is 60.6 Å². The summed E-state index contributed by atoms with van der Waals surface area (Å²) in [4.78, 5) is 17.4. The van der Waals surface area contributed by atoms with Gasteiger partial charge in [-0.2, -0.15) is 13.2 Å². The van der Waals surface area contributed by atoms with Gasteiger partial charge in [-0.1, -0.05) is 45.0 Å². The lowest BCUT2D eigenvalue weighted by Crippen LogP contribution is -2.43. The van der Waals surface area contributed by atoms with Crippen molar-refractivity contribution in [2.24, 2.45) is 0 Å². The van der Waals surface area contributed by atoms with Crippen LogP contribution in [0.15, 0.2) is 42.6 Å². The Balaban J connectivity index is 1.82. The SMILES string of the molecule is COC(=O)/C=C/c1ccc2c(c1)CCC2N(CCO[Si](C)(C)C(C)(C)C)Cc1ccc(C(F)(F)F)nc1. The minimum absolute atomic E-state index is 0.0866. The van der Waals surface area contributed by atoms with Crippen LogP contribution in [0.3, 0.4) is 0 Å². The first kappa shape index (κ1) is 29.1. The Morgan fingerprint density at radius 1 is 1.19 bits per heavy atom. The summed E-state index contributed by atoms with van der Waals surface area (Å²) in [6, 6.07) is 8.80. The molecule has 37 heavy (non-hydrogen) atoms. The van der Waals surface area contributed by atoms with Crippen LogP contribution in [-0.2, 0) is 33.1 Å². The number of methoxy groups -OCH3 is 1. The van der Waals surface area contributed by atoms with Crippen molar-refractivity contribution in [3.8, 4) is 0 Å². The smallest absolute Gasteiger partial charge is 0.433 e. The van der Waals surface area contributed by atoms with E-state index in [1.54, 1.807) is 6.08 Å². The molecule has 0 N–H and O–H groups in total. The van der Waals surface area contributed by atoms with E-state index in [0.717, 1.165) is 30.0 Å². The number of carbonyl (C=O) groups is 1. The number of hydrogen-bond donors (Lipinski definition) is 0. The highest BCUT2D eigenvalue weighted by Gasteiger charge is 2.37. The molecular formula is C28H37F3N2O3Si. The Labute approximate surface area is 218 Å². The maximum absolute atomic E-state index is 13.0. The van der Waals surface area contributed by atoms with Crippen molar-refractivity contribution < 1.29 is 27.1 Å². The number of alkyl halides is 3. The Morgan fingerprint density at radius 2 is 1.92 bits per heavy atom. The molecule has 1 heterocycles. The highest BCUT2D eigenvalue weighted by molar-refractivity contribution is 6.74. The third kappa shape index (κ3) is 7.52. The van der Waals surface area contributed by atoms with Crippen LogP contribution in [0, 0.1) is 0 Å². The summed E-state index contributed by atoms with van der Waals surface area (Å²) in [5.74, 6) is -0.406. The molecular weight excluding hydrogens is 497 g/mol. The number of carbonyl (C=O) groups excluding carboxylic acids is 1. The van der Waals surface area contributed by atoms with Crippen LogP contribution in [0.4, 0.5) is 13.2 Å². The van der Waals surface area contributed by atoms with Gasteiger partial charge in [0.2, 0.25) is 0 Å². The van der Waals surface area contributed by atoms with Crippen molar-refractivity contribution in [3.05, 3.63) is 70.6 Å². The van der Waals surface area contributed by atoms with Gasteiger partial charge in [0.05, 0.1) is 7.11 Å². The summed E-state index contributed by atoms with van der Waals surface area (Å²) in [6.45, 7) is 12.7. The average Bonchev–Trinajstić information content (AvgIpc) is 3.24. The molecule has 1 aliphatic carbocycles. The minimum atomic E-state index is -4.46. The number of fused-ring (bicyclic) bond motifs is 1. The number of rotatable bonds is 9. The van der Waals surface area contributed by atoms with E-state index in [1.807, 2.05) is 6.07 Å². The van der Waals surface area contributed by atoms with Crippen LogP contribution in [0.5, 0.6) is 0 Å². The second-order valence-corrected chi connectivity index (χ2v) is 15.8. The summed E-state index contributed by atoms with van der Waals surface area (Å²) >= 11 is 0. The Hall–Kier alpha value is -2.49. The molecule has 1 aromatic carbocycles. The third-order valence-electron chi connectivity index (χ3n) is 7.42. The fourth-order valence-electron chi connectivity index (χ4n) is 4.23. The molecule has 0 fully saturated rings. The minimum Gasteiger partial charge on any atom is -0.466 e. The zero-order chi connectivity index (χ0) is 27.4. The van der Waals surface area contributed by atoms with E-state index in [-0.39, 0.29) is 11.1 Å². The molecule has 9 heteroatoms. The first-order valence-electron chi connectivity index (χ1n) is 12.5. The number of ether oxygens (including phenoxy) is 1. The molecule has 1 aromatic heterocycles.